The van der Waals surface area contributed by atoms with Gasteiger partial charge in [-0.05, 0) is 25.3 Å². The van der Waals surface area contributed by atoms with E-state index in [1.54, 1.807) is 0 Å². The predicted octanol–water partition coefficient (Wildman–Crippen LogP) is 0.331. The van der Waals surface area contributed by atoms with Crippen LogP contribution in [0.15, 0.2) is 12.2 Å². The van der Waals surface area contributed by atoms with Gasteiger partial charge in [0.05, 0.1) is 0 Å². The number of aliphatic hydroxyl groups excluding tert-OH is 1. The van der Waals surface area contributed by atoms with Crippen molar-refractivity contribution in [2.75, 3.05) is 26.2 Å². The van der Waals surface area contributed by atoms with E-state index in [1.807, 2.05) is 4.90 Å². The molecule has 0 spiro atoms. The van der Waals surface area contributed by atoms with Gasteiger partial charge in [0, 0.05) is 25.3 Å². The van der Waals surface area contributed by atoms with Crippen molar-refractivity contribution in [1.29, 1.82) is 0 Å². The number of aliphatic carboxylic acids is 1. The fraction of sp³-hybridized carbons (Fsp3) is 0.700. The first-order valence-electron chi connectivity index (χ1n) is 4.87. The van der Waals surface area contributed by atoms with Gasteiger partial charge in [-0.2, -0.15) is 0 Å². The third-order valence-corrected chi connectivity index (χ3v) is 2.58. The Morgan fingerprint density at radius 3 is 2.86 bits per heavy atom. The molecule has 1 heterocycles. The summed E-state index contributed by atoms with van der Waals surface area (Å²) in [6, 6.07) is 0. The highest BCUT2D eigenvalue weighted by atomic mass is 16.4. The molecule has 1 rings (SSSR count). The molecule has 4 nitrogen and oxygen atoms in total. The van der Waals surface area contributed by atoms with Crippen LogP contribution in [0, 0.1) is 5.92 Å². The first-order chi connectivity index (χ1) is 6.63. The van der Waals surface area contributed by atoms with E-state index in [-0.39, 0.29) is 12.2 Å². The van der Waals surface area contributed by atoms with Gasteiger partial charge in [0.2, 0.25) is 0 Å². The number of aliphatic hydroxyl groups is 1. The molecule has 0 aromatic rings. The van der Waals surface area contributed by atoms with Gasteiger partial charge >= 0.3 is 5.97 Å². The molecule has 4 heteroatoms. The Morgan fingerprint density at radius 1 is 1.57 bits per heavy atom. The fourth-order valence-corrected chi connectivity index (χ4v) is 1.78. The SMILES string of the molecule is C=C(CN1CCCC(CO)C1)C(=O)O. The maximum Gasteiger partial charge on any atom is 0.332 e. The lowest BCUT2D eigenvalue weighted by molar-refractivity contribution is -0.132. The largest absolute Gasteiger partial charge is 0.478 e. The highest BCUT2D eigenvalue weighted by molar-refractivity contribution is 5.86. The van der Waals surface area contributed by atoms with Gasteiger partial charge in [-0.1, -0.05) is 6.58 Å². The summed E-state index contributed by atoms with van der Waals surface area (Å²) in [5.74, 6) is -0.638. The molecule has 2 N–H and O–H groups in total. The number of nitrogens with zero attached hydrogens (tertiary/aromatic N) is 1. The number of rotatable bonds is 4. The zero-order valence-electron chi connectivity index (χ0n) is 8.28. The van der Waals surface area contributed by atoms with Gasteiger partial charge in [0.1, 0.15) is 0 Å². The van der Waals surface area contributed by atoms with E-state index in [9.17, 15) is 4.79 Å². The topological polar surface area (TPSA) is 60.8 Å². The Bertz CT molecular complexity index is 227. The van der Waals surface area contributed by atoms with Crippen molar-refractivity contribution in [3.8, 4) is 0 Å². The molecule has 80 valence electrons. The van der Waals surface area contributed by atoms with Crippen molar-refractivity contribution < 1.29 is 15.0 Å². The van der Waals surface area contributed by atoms with E-state index >= 15 is 0 Å². The van der Waals surface area contributed by atoms with Gasteiger partial charge < -0.3 is 10.2 Å². The van der Waals surface area contributed by atoms with Crippen molar-refractivity contribution in [2.45, 2.75) is 12.8 Å². The second-order valence-electron chi connectivity index (χ2n) is 3.83. The monoisotopic (exact) mass is 199 g/mol. The highest BCUT2D eigenvalue weighted by Crippen LogP contribution is 2.16. The lowest BCUT2D eigenvalue weighted by Crippen LogP contribution is -2.38. The molecule has 1 saturated heterocycles. The molecule has 1 atom stereocenters. The minimum atomic E-state index is -0.934. The molecule has 1 unspecified atom stereocenters. The Morgan fingerprint density at radius 2 is 2.29 bits per heavy atom. The Kier molecular flexibility index (Phi) is 4.10. The second-order valence-corrected chi connectivity index (χ2v) is 3.83. The number of likely N-dealkylation sites (tertiary alicyclic amines) is 1. The van der Waals surface area contributed by atoms with Gasteiger partial charge in [-0.25, -0.2) is 4.79 Å². The maximum absolute atomic E-state index is 10.5. The zero-order valence-corrected chi connectivity index (χ0v) is 8.28. The Labute approximate surface area is 83.8 Å². The summed E-state index contributed by atoms with van der Waals surface area (Å²) < 4.78 is 0. The number of carbonyl (C=O) groups is 1. The van der Waals surface area contributed by atoms with Crippen molar-refractivity contribution in [2.24, 2.45) is 5.92 Å². The molecule has 0 bridgehead atoms. The summed E-state index contributed by atoms with van der Waals surface area (Å²) in [5.41, 5.74) is 0.226. The van der Waals surface area contributed by atoms with E-state index < -0.39 is 5.97 Å². The van der Waals surface area contributed by atoms with Crippen LogP contribution in [0.1, 0.15) is 12.8 Å². The van der Waals surface area contributed by atoms with Gasteiger partial charge in [0.15, 0.2) is 0 Å². The zero-order chi connectivity index (χ0) is 10.6. The number of carboxylic acid groups (broad SMARTS) is 1. The molecule has 1 aliphatic rings. The van der Waals surface area contributed by atoms with Gasteiger partial charge in [-0.15, -0.1) is 0 Å². The van der Waals surface area contributed by atoms with Crippen LogP contribution in [-0.2, 0) is 4.79 Å². The van der Waals surface area contributed by atoms with Gasteiger partial charge in [-0.3, -0.25) is 4.90 Å². The number of carboxylic acids is 1. The minimum Gasteiger partial charge on any atom is -0.478 e. The fourth-order valence-electron chi connectivity index (χ4n) is 1.78. The standard InChI is InChI=1S/C10H17NO3/c1-8(10(13)14)5-11-4-2-3-9(6-11)7-12/h9,12H,1-7H2,(H,13,14). The van der Waals surface area contributed by atoms with Crippen LogP contribution in [0.25, 0.3) is 0 Å². The molecule has 14 heavy (non-hydrogen) atoms. The van der Waals surface area contributed by atoms with E-state index in [2.05, 4.69) is 6.58 Å². The summed E-state index contributed by atoms with van der Waals surface area (Å²) in [6.07, 6.45) is 2.06. The molecule has 0 radical (unpaired) electrons. The smallest absolute Gasteiger partial charge is 0.332 e. The van der Waals surface area contributed by atoms with E-state index in [0.717, 1.165) is 25.9 Å². The molecular weight excluding hydrogens is 182 g/mol. The highest BCUT2D eigenvalue weighted by Gasteiger charge is 2.20. The lowest BCUT2D eigenvalue weighted by Gasteiger charge is -2.31. The maximum atomic E-state index is 10.5. The van der Waals surface area contributed by atoms with Crippen molar-refractivity contribution in [3.63, 3.8) is 0 Å². The first-order valence-corrected chi connectivity index (χ1v) is 4.87. The Balaban J connectivity index is 2.37. The number of hydrogen-bond acceptors (Lipinski definition) is 3. The molecule has 0 saturated carbocycles. The summed E-state index contributed by atoms with van der Waals surface area (Å²) in [4.78, 5) is 12.6. The second kappa shape index (κ2) is 5.12. The van der Waals surface area contributed by atoms with Crippen LogP contribution < -0.4 is 0 Å². The molecule has 0 aliphatic carbocycles. The molecule has 1 aliphatic heterocycles. The number of piperidine rings is 1. The van der Waals surface area contributed by atoms with E-state index in [0.29, 0.717) is 12.5 Å². The molecule has 0 aromatic heterocycles. The predicted molar refractivity (Wildman–Crippen MR) is 53.0 cm³/mol. The van der Waals surface area contributed by atoms with E-state index in [1.165, 1.54) is 0 Å². The summed E-state index contributed by atoms with van der Waals surface area (Å²) >= 11 is 0. The van der Waals surface area contributed by atoms with Crippen molar-refractivity contribution >= 4 is 5.97 Å². The average Bonchev–Trinajstić information content (AvgIpc) is 2.18. The van der Waals surface area contributed by atoms with Crippen LogP contribution in [-0.4, -0.2) is 47.3 Å². The lowest BCUT2D eigenvalue weighted by atomic mass is 9.99. The number of hydrogen-bond donors (Lipinski definition) is 2. The molecule has 0 amide bonds. The third-order valence-electron chi connectivity index (χ3n) is 2.58. The van der Waals surface area contributed by atoms with Gasteiger partial charge in [0.25, 0.3) is 0 Å². The third kappa shape index (κ3) is 3.12. The summed E-state index contributed by atoms with van der Waals surface area (Å²) in [5, 5.41) is 17.6. The summed E-state index contributed by atoms with van der Waals surface area (Å²) in [7, 11) is 0. The Hall–Kier alpha value is -0.870. The first kappa shape index (κ1) is 11.2. The average molecular weight is 199 g/mol. The van der Waals surface area contributed by atoms with Crippen molar-refractivity contribution in [3.05, 3.63) is 12.2 Å². The van der Waals surface area contributed by atoms with Crippen LogP contribution in [0.3, 0.4) is 0 Å². The van der Waals surface area contributed by atoms with Crippen LogP contribution in [0.2, 0.25) is 0 Å². The van der Waals surface area contributed by atoms with Crippen LogP contribution in [0.4, 0.5) is 0 Å². The minimum absolute atomic E-state index is 0.191. The van der Waals surface area contributed by atoms with Crippen LogP contribution >= 0.6 is 0 Å². The molecule has 1 fully saturated rings. The molecular formula is C10H17NO3. The normalized spacial score (nSPS) is 23.4. The van der Waals surface area contributed by atoms with E-state index in [4.69, 9.17) is 10.2 Å². The molecule has 0 aromatic carbocycles. The quantitative estimate of drug-likeness (QED) is 0.641. The van der Waals surface area contributed by atoms with Crippen molar-refractivity contribution in [1.82, 2.24) is 4.90 Å². The van der Waals surface area contributed by atoms with Crippen LogP contribution in [0.5, 0.6) is 0 Å². The summed E-state index contributed by atoms with van der Waals surface area (Å²) in [6.45, 7) is 5.78.